The summed E-state index contributed by atoms with van der Waals surface area (Å²) < 4.78 is 22.2. The number of halogens is 1. The smallest absolute Gasteiger partial charge is 0.434 e. The van der Waals surface area contributed by atoms with Gasteiger partial charge in [0.1, 0.15) is 6.61 Å². The zero-order valence-electron chi connectivity index (χ0n) is 14.0. The van der Waals surface area contributed by atoms with Crippen molar-refractivity contribution in [2.24, 2.45) is 5.92 Å². The van der Waals surface area contributed by atoms with E-state index in [9.17, 15) is 19.3 Å². The minimum Gasteiger partial charge on any atom is -0.434 e. The van der Waals surface area contributed by atoms with Crippen LogP contribution in [0.3, 0.4) is 0 Å². The first kappa shape index (κ1) is 20.0. The number of carbonyl (C=O) groups is 1. The molecule has 1 rings (SSSR count). The Hall–Kier alpha value is -3.08. The lowest BCUT2D eigenvalue weighted by Gasteiger charge is -2.08. The van der Waals surface area contributed by atoms with Gasteiger partial charge < -0.3 is 14.8 Å². The largest absolute Gasteiger partial charge is 0.508 e. The number of nitro benzene ring substituents is 1. The van der Waals surface area contributed by atoms with Crippen molar-refractivity contribution in [3.63, 3.8) is 0 Å². The summed E-state index contributed by atoms with van der Waals surface area (Å²) >= 11 is 0. The maximum Gasteiger partial charge on any atom is 0.508 e. The molecule has 7 nitrogen and oxygen atoms in total. The molecule has 0 amide bonds. The SMILES string of the molecule is C=C(F)NCC#Cc1ccc([N+](=O)[O-])c(COC(=O)OCC(C)C)c1. The first-order valence-electron chi connectivity index (χ1n) is 7.43. The molecule has 0 heterocycles. The first-order chi connectivity index (χ1) is 11.8. The van der Waals surface area contributed by atoms with Crippen LogP contribution in [0.1, 0.15) is 25.0 Å². The molecule has 0 bridgehead atoms. The van der Waals surface area contributed by atoms with Gasteiger partial charge in [-0.1, -0.05) is 25.7 Å². The number of nitro groups is 1. The number of carbonyl (C=O) groups excluding carboxylic acids is 1. The van der Waals surface area contributed by atoms with Gasteiger partial charge in [-0.15, -0.1) is 0 Å². The Morgan fingerprint density at radius 3 is 2.76 bits per heavy atom. The van der Waals surface area contributed by atoms with E-state index in [0.29, 0.717) is 5.56 Å². The van der Waals surface area contributed by atoms with E-state index < -0.39 is 17.0 Å². The molecule has 0 radical (unpaired) electrons. The summed E-state index contributed by atoms with van der Waals surface area (Å²) in [6.45, 7) is 6.69. The molecule has 0 spiro atoms. The Kier molecular flexibility index (Phi) is 7.93. The van der Waals surface area contributed by atoms with Crippen LogP contribution in [-0.2, 0) is 16.1 Å². The molecule has 0 aliphatic carbocycles. The van der Waals surface area contributed by atoms with Crippen molar-refractivity contribution in [1.29, 1.82) is 0 Å². The fourth-order valence-corrected chi connectivity index (χ4v) is 1.66. The summed E-state index contributed by atoms with van der Waals surface area (Å²) in [6.07, 6.45) is -0.898. The molecule has 1 N–H and O–H groups in total. The number of ether oxygens (including phenoxy) is 2. The van der Waals surface area contributed by atoms with Gasteiger partial charge in [-0.3, -0.25) is 10.1 Å². The lowest BCUT2D eigenvalue weighted by molar-refractivity contribution is -0.385. The molecule has 0 aliphatic heterocycles. The molecule has 0 atom stereocenters. The van der Waals surface area contributed by atoms with Crippen molar-refractivity contribution in [3.05, 3.63) is 52.0 Å². The third kappa shape index (κ3) is 7.83. The second-order valence-electron chi connectivity index (χ2n) is 5.40. The van der Waals surface area contributed by atoms with Crippen molar-refractivity contribution < 1.29 is 23.6 Å². The highest BCUT2D eigenvalue weighted by Gasteiger charge is 2.16. The van der Waals surface area contributed by atoms with E-state index >= 15 is 0 Å². The Morgan fingerprint density at radius 2 is 2.16 bits per heavy atom. The van der Waals surface area contributed by atoms with Crippen LogP contribution in [-0.4, -0.2) is 24.2 Å². The number of hydrogen-bond donors (Lipinski definition) is 1. The lowest BCUT2D eigenvalue weighted by atomic mass is 10.1. The standard InChI is InChI=1S/C17H19FN2O5/c1-12(2)10-24-17(21)25-11-15-9-14(5-4-8-19-13(3)18)6-7-16(15)20(22)23/h6-7,9,12,19H,3,8,10-11H2,1-2H3. The van der Waals surface area contributed by atoms with E-state index in [2.05, 4.69) is 23.7 Å². The maximum atomic E-state index is 12.4. The van der Waals surface area contributed by atoms with Crippen LogP contribution in [0.5, 0.6) is 0 Å². The van der Waals surface area contributed by atoms with Crippen molar-refractivity contribution in [2.75, 3.05) is 13.2 Å². The summed E-state index contributed by atoms with van der Waals surface area (Å²) in [5.74, 6) is 4.81. The van der Waals surface area contributed by atoms with Crippen LogP contribution in [0, 0.1) is 27.9 Å². The van der Waals surface area contributed by atoms with Crippen LogP contribution >= 0.6 is 0 Å². The second-order valence-corrected chi connectivity index (χ2v) is 5.40. The molecule has 134 valence electrons. The summed E-state index contributed by atoms with van der Waals surface area (Å²) in [6, 6.07) is 4.16. The summed E-state index contributed by atoms with van der Waals surface area (Å²) in [5.41, 5.74) is 0.449. The van der Waals surface area contributed by atoms with Gasteiger partial charge in [-0.05, 0) is 24.6 Å². The number of nitrogens with zero attached hydrogens (tertiary/aromatic N) is 1. The summed E-state index contributed by atoms with van der Waals surface area (Å²) in [7, 11) is 0. The molecule has 0 aromatic heterocycles. The van der Waals surface area contributed by atoms with E-state index in [0.717, 1.165) is 0 Å². The minimum atomic E-state index is -0.898. The first-order valence-corrected chi connectivity index (χ1v) is 7.43. The zero-order valence-corrected chi connectivity index (χ0v) is 14.0. The molecule has 8 heteroatoms. The van der Waals surface area contributed by atoms with Crippen molar-refractivity contribution in [3.8, 4) is 11.8 Å². The Morgan fingerprint density at radius 1 is 1.44 bits per heavy atom. The van der Waals surface area contributed by atoms with Crippen molar-refractivity contribution in [1.82, 2.24) is 5.32 Å². The Balaban J connectivity index is 2.80. The second kappa shape index (κ2) is 9.93. The van der Waals surface area contributed by atoms with Gasteiger partial charge in [0.15, 0.2) is 5.95 Å². The molecule has 0 aliphatic rings. The topological polar surface area (TPSA) is 90.7 Å². The zero-order chi connectivity index (χ0) is 18.8. The van der Waals surface area contributed by atoms with E-state index in [-0.39, 0.29) is 36.9 Å². The van der Waals surface area contributed by atoms with E-state index in [1.54, 1.807) is 0 Å². The normalized spacial score (nSPS) is 9.76. The van der Waals surface area contributed by atoms with E-state index in [4.69, 9.17) is 9.47 Å². The van der Waals surface area contributed by atoms with Gasteiger partial charge in [-0.2, -0.15) is 4.39 Å². The molecule has 0 unspecified atom stereocenters. The summed E-state index contributed by atoms with van der Waals surface area (Å²) in [5, 5.41) is 13.4. The minimum absolute atomic E-state index is 0.0414. The van der Waals surface area contributed by atoms with Gasteiger partial charge in [0.2, 0.25) is 0 Å². The van der Waals surface area contributed by atoms with Crippen molar-refractivity contribution in [2.45, 2.75) is 20.5 Å². The average Bonchev–Trinajstić information content (AvgIpc) is 2.54. The molecular weight excluding hydrogens is 331 g/mol. The molecule has 0 fully saturated rings. The predicted molar refractivity (Wildman–Crippen MR) is 89.2 cm³/mol. The average molecular weight is 350 g/mol. The molecule has 1 aromatic rings. The summed E-state index contributed by atoms with van der Waals surface area (Å²) in [4.78, 5) is 22.0. The van der Waals surface area contributed by atoms with E-state index in [1.165, 1.54) is 18.2 Å². The maximum absolute atomic E-state index is 12.4. The monoisotopic (exact) mass is 350 g/mol. The lowest BCUT2D eigenvalue weighted by Crippen LogP contribution is -2.12. The number of nitrogens with one attached hydrogen (secondary N) is 1. The third-order valence-corrected chi connectivity index (χ3v) is 2.76. The van der Waals surface area contributed by atoms with Gasteiger partial charge in [-0.25, -0.2) is 4.79 Å². The molecule has 0 saturated carbocycles. The highest BCUT2D eigenvalue weighted by molar-refractivity contribution is 5.60. The van der Waals surface area contributed by atoms with Crippen LogP contribution < -0.4 is 5.32 Å². The fourth-order valence-electron chi connectivity index (χ4n) is 1.66. The highest BCUT2D eigenvalue weighted by atomic mass is 19.1. The van der Waals surface area contributed by atoms with Gasteiger partial charge >= 0.3 is 6.16 Å². The van der Waals surface area contributed by atoms with Gasteiger partial charge in [0.05, 0.1) is 23.6 Å². The van der Waals surface area contributed by atoms with E-state index in [1.807, 2.05) is 13.8 Å². The van der Waals surface area contributed by atoms with Gasteiger partial charge in [0, 0.05) is 11.6 Å². The van der Waals surface area contributed by atoms with Crippen LogP contribution in [0.25, 0.3) is 0 Å². The van der Waals surface area contributed by atoms with Crippen LogP contribution in [0.2, 0.25) is 0 Å². The van der Waals surface area contributed by atoms with Crippen LogP contribution in [0.4, 0.5) is 14.9 Å². The van der Waals surface area contributed by atoms with Gasteiger partial charge in [0.25, 0.3) is 5.69 Å². The highest BCUT2D eigenvalue weighted by Crippen LogP contribution is 2.21. The molecule has 25 heavy (non-hydrogen) atoms. The molecule has 0 saturated heterocycles. The van der Waals surface area contributed by atoms with Crippen LogP contribution in [0.15, 0.2) is 30.7 Å². The molecular formula is C17H19FN2O5. The fraction of sp³-hybridized carbons (Fsp3) is 0.353. The number of rotatable bonds is 7. The predicted octanol–water partition coefficient (Wildman–Crippen LogP) is 3.29. The quantitative estimate of drug-likeness (QED) is 0.267. The Bertz CT molecular complexity index is 707. The van der Waals surface area contributed by atoms with Crippen molar-refractivity contribution >= 4 is 11.8 Å². The molecule has 1 aromatic carbocycles. The third-order valence-electron chi connectivity index (χ3n) is 2.76. The number of benzene rings is 1. The number of hydrogen-bond acceptors (Lipinski definition) is 6. The Labute approximate surface area is 145 Å².